The van der Waals surface area contributed by atoms with Gasteiger partial charge in [-0.3, -0.25) is 9.59 Å². The smallest absolute Gasteiger partial charge is 0.305 e. The number of ketones is 1. The van der Waals surface area contributed by atoms with Gasteiger partial charge in [0.2, 0.25) is 0 Å². The van der Waals surface area contributed by atoms with Gasteiger partial charge in [0.15, 0.2) is 12.1 Å². The quantitative estimate of drug-likeness (QED) is 0.0416. The number of aromatic nitrogens is 2. The summed E-state index contributed by atoms with van der Waals surface area (Å²) in [4.78, 5) is 29.1. The Morgan fingerprint density at radius 2 is 1.21 bits per heavy atom. The van der Waals surface area contributed by atoms with Gasteiger partial charge in [0, 0.05) is 38.4 Å². The first kappa shape index (κ1) is 48.2. The molecule has 1 aromatic rings. The maximum atomic E-state index is 12.7. The molecule has 4 unspecified atom stereocenters. The first-order chi connectivity index (χ1) is 25.0. The van der Waals surface area contributed by atoms with Crippen LogP contribution in [0.3, 0.4) is 0 Å². The third-order valence-corrected chi connectivity index (χ3v) is 10.4. The van der Waals surface area contributed by atoms with Crippen LogP contribution in [0.4, 0.5) is 0 Å². The van der Waals surface area contributed by atoms with Crippen LogP contribution in [0.5, 0.6) is 0 Å². The van der Waals surface area contributed by atoms with Crippen LogP contribution >= 0.6 is 0 Å². The van der Waals surface area contributed by atoms with Crippen molar-refractivity contribution in [3.63, 3.8) is 0 Å². The van der Waals surface area contributed by atoms with Crippen LogP contribution in [0.2, 0.25) is 0 Å². The summed E-state index contributed by atoms with van der Waals surface area (Å²) < 4.78 is 19.5. The molecule has 0 amide bonds. The van der Waals surface area contributed by atoms with Crippen LogP contribution in [0.15, 0.2) is 12.4 Å². The number of imidazole rings is 1. The molecule has 0 saturated carbocycles. The molecular weight excluding hydrogens is 652 g/mol. The van der Waals surface area contributed by atoms with Gasteiger partial charge in [0.25, 0.3) is 0 Å². The fourth-order valence-electron chi connectivity index (χ4n) is 6.53. The zero-order valence-electron chi connectivity index (χ0n) is 34.9. The molecule has 0 aliphatic heterocycles. The summed E-state index contributed by atoms with van der Waals surface area (Å²) >= 11 is 0. The molecule has 0 spiro atoms. The summed E-state index contributed by atoms with van der Waals surface area (Å²) in [6.07, 6.45) is 25.2. The maximum absolute atomic E-state index is 12.7. The first-order valence-corrected chi connectivity index (χ1v) is 21.5. The van der Waals surface area contributed by atoms with Crippen molar-refractivity contribution >= 4 is 11.8 Å². The van der Waals surface area contributed by atoms with E-state index in [1.807, 2.05) is 13.1 Å². The molecule has 0 aliphatic rings. The highest BCUT2D eigenvalue weighted by Crippen LogP contribution is 2.19. The Morgan fingerprint density at radius 3 is 1.79 bits per heavy atom. The lowest BCUT2D eigenvalue weighted by Crippen LogP contribution is -2.19. The normalized spacial score (nSPS) is 14.2. The van der Waals surface area contributed by atoms with Gasteiger partial charge in [-0.2, -0.15) is 0 Å². The van der Waals surface area contributed by atoms with Crippen molar-refractivity contribution in [3.8, 4) is 0 Å². The third-order valence-electron chi connectivity index (χ3n) is 10.4. The van der Waals surface area contributed by atoms with Crippen molar-refractivity contribution < 1.29 is 28.9 Å². The average molecular weight is 735 g/mol. The number of nitrogens with zero attached hydrogens (tertiary/aromatic N) is 2. The van der Waals surface area contributed by atoms with Crippen molar-refractivity contribution in [1.82, 2.24) is 9.55 Å². The summed E-state index contributed by atoms with van der Waals surface area (Å²) in [7, 11) is 0. The van der Waals surface area contributed by atoms with Gasteiger partial charge in [-0.05, 0) is 82.0 Å². The van der Waals surface area contributed by atoms with Crippen LogP contribution in [-0.2, 0) is 30.3 Å². The molecule has 1 aromatic heterocycles. The number of carbonyl (C=O) groups excluding carboxylic acids is 2. The van der Waals surface area contributed by atoms with E-state index in [4.69, 9.17) is 14.2 Å². The Balaban J connectivity index is 2.27. The summed E-state index contributed by atoms with van der Waals surface area (Å²) in [6.45, 7) is 17.7. The van der Waals surface area contributed by atoms with E-state index in [0.717, 1.165) is 121 Å². The molecule has 52 heavy (non-hydrogen) atoms. The van der Waals surface area contributed by atoms with E-state index in [1.54, 1.807) is 6.20 Å². The van der Waals surface area contributed by atoms with Gasteiger partial charge in [0.1, 0.15) is 12.4 Å². The van der Waals surface area contributed by atoms with Crippen molar-refractivity contribution in [2.75, 3.05) is 19.8 Å². The fourth-order valence-corrected chi connectivity index (χ4v) is 6.53. The molecule has 8 nitrogen and oxygen atoms in total. The minimum absolute atomic E-state index is 0.0589. The van der Waals surface area contributed by atoms with Crippen molar-refractivity contribution in [2.45, 2.75) is 209 Å². The number of aliphatic hydroxyl groups excluding tert-OH is 1. The molecular formula is C44H82N2O6. The van der Waals surface area contributed by atoms with Crippen LogP contribution in [0.25, 0.3) is 0 Å². The van der Waals surface area contributed by atoms with E-state index in [2.05, 4.69) is 51.1 Å². The first-order valence-electron chi connectivity index (χ1n) is 21.5. The van der Waals surface area contributed by atoms with E-state index in [9.17, 15) is 14.7 Å². The Bertz CT molecular complexity index is 995. The van der Waals surface area contributed by atoms with E-state index >= 15 is 0 Å². The van der Waals surface area contributed by atoms with Gasteiger partial charge in [-0.15, -0.1) is 0 Å². The Morgan fingerprint density at radius 1 is 0.654 bits per heavy atom. The highest BCUT2D eigenvalue weighted by atomic mass is 16.6. The minimum Gasteiger partial charge on any atom is -0.466 e. The predicted octanol–water partition coefficient (Wildman–Crippen LogP) is 11.2. The molecule has 8 heteroatoms. The molecule has 0 aliphatic carbocycles. The second kappa shape index (κ2) is 31.6. The topological polar surface area (TPSA) is 99.9 Å². The van der Waals surface area contributed by atoms with Crippen molar-refractivity contribution in [1.29, 1.82) is 0 Å². The van der Waals surface area contributed by atoms with Gasteiger partial charge < -0.3 is 23.9 Å². The zero-order chi connectivity index (χ0) is 38.4. The molecule has 1 rings (SSSR count). The highest BCUT2D eigenvalue weighted by molar-refractivity contribution is 5.79. The lowest BCUT2D eigenvalue weighted by atomic mass is 9.97. The van der Waals surface area contributed by atoms with E-state index < -0.39 is 6.29 Å². The number of hydrogen-bond donors (Lipinski definition) is 1. The van der Waals surface area contributed by atoms with E-state index in [1.165, 1.54) is 25.7 Å². The second-order valence-corrected chi connectivity index (χ2v) is 16.7. The van der Waals surface area contributed by atoms with E-state index in [0.29, 0.717) is 44.3 Å². The largest absolute Gasteiger partial charge is 0.466 e. The molecule has 4 atom stereocenters. The predicted molar refractivity (Wildman–Crippen MR) is 214 cm³/mol. The van der Waals surface area contributed by atoms with E-state index in [-0.39, 0.29) is 24.5 Å². The van der Waals surface area contributed by atoms with Gasteiger partial charge in [-0.25, -0.2) is 4.98 Å². The van der Waals surface area contributed by atoms with Crippen LogP contribution in [0.1, 0.15) is 189 Å². The second-order valence-electron chi connectivity index (χ2n) is 16.7. The number of esters is 1. The number of aliphatic hydroxyl groups is 1. The molecule has 1 heterocycles. The monoisotopic (exact) mass is 735 g/mol. The molecule has 1 N–H and O–H groups in total. The van der Waals surface area contributed by atoms with Gasteiger partial charge in [-0.1, -0.05) is 119 Å². The van der Waals surface area contributed by atoms with Crippen molar-refractivity contribution in [2.24, 2.45) is 23.7 Å². The SMILES string of the molecule is Cc1nccn1CCCC(=O)COC(CCCCCCCC(=O)OCCC(C)CCC(C)C)CCCCCCCC(O)OCCC(C)CCC(C)C. The number of carbonyl (C=O) groups is 2. The number of ether oxygens (including phenoxy) is 3. The van der Waals surface area contributed by atoms with Crippen LogP contribution in [-0.4, -0.2) is 58.6 Å². The highest BCUT2D eigenvalue weighted by Gasteiger charge is 2.13. The Labute approximate surface area is 319 Å². The lowest BCUT2D eigenvalue weighted by molar-refractivity contribution is -0.144. The Kier molecular flexibility index (Phi) is 29.3. The number of aryl methyl sites for hydroxylation is 2. The molecule has 0 fully saturated rings. The maximum Gasteiger partial charge on any atom is 0.305 e. The fraction of sp³-hybridized carbons (Fsp3) is 0.886. The molecule has 0 aromatic carbocycles. The standard InChI is InChI=1S/C44H82N2O6/c1-36(2)24-26-38(5)28-33-50-43(48)22-16-12-8-10-14-20-42(52-35-41(47)19-18-31-46-32-30-45-40(46)7)21-15-11-9-13-17-23-44(49)51-34-29-39(6)27-25-37(3)4/h30,32,36-39,42-43,48H,8-29,31,33-35H2,1-7H3. The summed E-state index contributed by atoms with van der Waals surface area (Å²) in [5, 5.41) is 10.2. The van der Waals surface area contributed by atoms with Gasteiger partial charge in [0.05, 0.1) is 12.7 Å². The molecule has 304 valence electrons. The molecule has 0 bridgehead atoms. The summed E-state index contributed by atoms with van der Waals surface area (Å²) in [6, 6.07) is 0. The van der Waals surface area contributed by atoms with Gasteiger partial charge >= 0.3 is 5.97 Å². The number of rotatable bonds is 36. The molecule has 0 radical (unpaired) electrons. The number of Topliss-reactive ketones (excluding diaryl/α,β-unsaturated/α-hetero) is 1. The zero-order valence-corrected chi connectivity index (χ0v) is 34.9. The summed E-state index contributed by atoms with van der Waals surface area (Å²) in [5.74, 6) is 3.80. The lowest BCUT2D eigenvalue weighted by Gasteiger charge is -2.18. The minimum atomic E-state index is -0.649. The molecule has 0 saturated heterocycles. The van der Waals surface area contributed by atoms with Crippen LogP contribution in [0, 0.1) is 30.6 Å². The Hall–Kier alpha value is -1.77. The number of unbranched alkanes of at least 4 members (excludes halogenated alkanes) is 8. The van der Waals surface area contributed by atoms with Crippen molar-refractivity contribution in [3.05, 3.63) is 18.2 Å². The van der Waals surface area contributed by atoms with Crippen LogP contribution < -0.4 is 0 Å². The third kappa shape index (κ3) is 28.7. The average Bonchev–Trinajstić information content (AvgIpc) is 3.51. The number of hydrogen-bond acceptors (Lipinski definition) is 7. The summed E-state index contributed by atoms with van der Waals surface area (Å²) in [5.41, 5.74) is 0.